The Labute approximate surface area is 100 Å². The zero-order valence-electron chi connectivity index (χ0n) is 9.80. The van der Waals surface area contributed by atoms with Gasteiger partial charge in [0.25, 0.3) is 0 Å². The zero-order valence-corrected chi connectivity index (χ0v) is 9.80. The Hall–Kier alpha value is -1.81. The van der Waals surface area contributed by atoms with E-state index in [0.717, 1.165) is 24.2 Å². The van der Waals surface area contributed by atoms with Crippen LogP contribution in [0.25, 0.3) is 0 Å². The highest BCUT2D eigenvalue weighted by molar-refractivity contribution is 5.19. The molecule has 2 aromatic rings. The van der Waals surface area contributed by atoms with E-state index in [9.17, 15) is 0 Å². The largest absolute Gasteiger partial charge is 0.481 e. The number of furan rings is 1. The molecule has 0 saturated heterocycles. The van der Waals surface area contributed by atoms with E-state index in [1.165, 1.54) is 0 Å². The number of hydrogen-bond donors (Lipinski definition) is 1. The first-order chi connectivity index (χ1) is 8.28. The van der Waals surface area contributed by atoms with Crippen LogP contribution in [0.1, 0.15) is 11.3 Å². The number of aromatic nitrogens is 1. The van der Waals surface area contributed by atoms with E-state index in [-0.39, 0.29) is 6.04 Å². The Balaban J connectivity index is 1.91. The summed E-state index contributed by atoms with van der Waals surface area (Å²) >= 11 is 0. The normalized spacial score (nSPS) is 12.4. The van der Waals surface area contributed by atoms with Crippen LogP contribution in [-0.4, -0.2) is 18.1 Å². The molecule has 4 heteroatoms. The molecule has 17 heavy (non-hydrogen) atoms. The summed E-state index contributed by atoms with van der Waals surface area (Å²) in [6, 6.07) is 7.67. The summed E-state index contributed by atoms with van der Waals surface area (Å²) in [6.07, 6.45) is 4.97. The average Bonchev–Trinajstić information content (AvgIpc) is 2.82. The topological polar surface area (TPSA) is 61.3 Å². The summed E-state index contributed by atoms with van der Waals surface area (Å²) in [6.45, 7) is 0. The van der Waals surface area contributed by atoms with Crippen molar-refractivity contribution in [3.8, 4) is 5.88 Å². The molecule has 0 fully saturated rings. The van der Waals surface area contributed by atoms with Gasteiger partial charge < -0.3 is 14.9 Å². The molecule has 2 heterocycles. The summed E-state index contributed by atoms with van der Waals surface area (Å²) in [7, 11) is 1.60. The van der Waals surface area contributed by atoms with Crippen molar-refractivity contribution in [1.29, 1.82) is 0 Å². The van der Waals surface area contributed by atoms with Crippen molar-refractivity contribution in [2.75, 3.05) is 7.11 Å². The maximum absolute atomic E-state index is 6.05. The average molecular weight is 232 g/mol. The minimum Gasteiger partial charge on any atom is -0.481 e. The summed E-state index contributed by atoms with van der Waals surface area (Å²) in [5, 5.41) is 0. The smallest absolute Gasteiger partial charge is 0.212 e. The molecular weight excluding hydrogens is 216 g/mol. The van der Waals surface area contributed by atoms with E-state index in [1.807, 2.05) is 24.3 Å². The van der Waals surface area contributed by atoms with Crippen molar-refractivity contribution in [3.05, 3.63) is 48.0 Å². The van der Waals surface area contributed by atoms with Crippen LogP contribution >= 0.6 is 0 Å². The van der Waals surface area contributed by atoms with Gasteiger partial charge in [0.2, 0.25) is 5.88 Å². The quantitative estimate of drug-likeness (QED) is 0.853. The highest BCUT2D eigenvalue weighted by Crippen LogP contribution is 2.10. The monoisotopic (exact) mass is 232 g/mol. The highest BCUT2D eigenvalue weighted by atomic mass is 16.5. The van der Waals surface area contributed by atoms with Gasteiger partial charge in [-0.05, 0) is 24.1 Å². The molecule has 90 valence electrons. The molecule has 1 atom stereocenters. The maximum atomic E-state index is 6.05. The Kier molecular flexibility index (Phi) is 3.77. The first-order valence-corrected chi connectivity index (χ1v) is 5.55. The van der Waals surface area contributed by atoms with E-state index in [1.54, 1.807) is 19.6 Å². The second-order valence-corrected chi connectivity index (χ2v) is 3.96. The van der Waals surface area contributed by atoms with Crippen molar-refractivity contribution in [2.24, 2.45) is 5.73 Å². The summed E-state index contributed by atoms with van der Waals surface area (Å²) in [4.78, 5) is 4.15. The lowest BCUT2D eigenvalue weighted by molar-refractivity contribution is 0.397. The third-order valence-corrected chi connectivity index (χ3v) is 2.55. The molecule has 4 nitrogen and oxygen atoms in total. The van der Waals surface area contributed by atoms with E-state index in [2.05, 4.69) is 4.98 Å². The molecule has 0 aliphatic carbocycles. The van der Waals surface area contributed by atoms with Crippen LogP contribution < -0.4 is 10.5 Å². The fraction of sp³-hybridized carbons (Fsp3) is 0.308. The van der Waals surface area contributed by atoms with Crippen LogP contribution in [0.4, 0.5) is 0 Å². The van der Waals surface area contributed by atoms with Crippen LogP contribution in [0.15, 0.2) is 41.1 Å². The molecule has 2 rings (SSSR count). The second kappa shape index (κ2) is 5.50. The van der Waals surface area contributed by atoms with Gasteiger partial charge in [-0.3, -0.25) is 0 Å². The molecule has 0 radical (unpaired) electrons. The predicted molar refractivity (Wildman–Crippen MR) is 64.9 cm³/mol. The van der Waals surface area contributed by atoms with E-state index >= 15 is 0 Å². The number of methoxy groups -OCH3 is 1. The van der Waals surface area contributed by atoms with Crippen molar-refractivity contribution in [1.82, 2.24) is 4.98 Å². The lowest BCUT2D eigenvalue weighted by atomic mass is 10.0. The fourth-order valence-corrected chi connectivity index (χ4v) is 1.71. The molecule has 0 aromatic carbocycles. The SMILES string of the molecule is COc1ccc(CC(N)Cc2ccco2)cn1. The molecule has 0 spiro atoms. The number of rotatable bonds is 5. The van der Waals surface area contributed by atoms with Crippen molar-refractivity contribution in [2.45, 2.75) is 18.9 Å². The van der Waals surface area contributed by atoms with Crippen molar-refractivity contribution < 1.29 is 9.15 Å². The van der Waals surface area contributed by atoms with E-state index < -0.39 is 0 Å². The van der Waals surface area contributed by atoms with Gasteiger partial charge in [-0.25, -0.2) is 4.98 Å². The highest BCUT2D eigenvalue weighted by Gasteiger charge is 2.07. The zero-order chi connectivity index (χ0) is 12.1. The summed E-state index contributed by atoms with van der Waals surface area (Å²) in [5.74, 6) is 1.53. The van der Waals surface area contributed by atoms with Crippen LogP contribution in [0.3, 0.4) is 0 Å². The predicted octanol–water partition coefficient (Wildman–Crippen LogP) is 1.80. The lowest BCUT2D eigenvalue weighted by Gasteiger charge is -2.09. The van der Waals surface area contributed by atoms with Gasteiger partial charge >= 0.3 is 0 Å². The van der Waals surface area contributed by atoms with Gasteiger partial charge in [-0.15, -0.1) is 0 Å². The Morgan fingerprint density at radius 3 is 2.82 bits per heavy atom. The molecule has 0 bridgehead atoms. The minimum atomic E-state index is 0.0383. The Morgan fingerprint density at radius 2 is 2.24 bits per heavy atom. The van der Waals surface area contributed by atoms with Crippen LogP contribution in [0.5, 0.6) is 5.88 Å². The van der Waals surface area contributed by atoms with Crippen LogP contribution in [0.2, 0.25) is 0 Å². The van der Waals surface area contributed by atoms with Gasteiger partial charge in [-0.1, -0.05) is 6.07 Å². The van der Waals surface area contributed by atoms with E-state index in [0.29, 0.717) is 5.88 Å². The van der Waals surface area contributed by atoms with Crippen LogP contribution in [0, 0.1) is 0 Å². The molecule has 0 aliphatic rings. The van der Waals surface area contributed by atoms with Gasteiger partial charge in [0.1, 0.15) is 5.76 Å². The number of ether oxygens (including phenoxy) is 1. The third kappa shape index (κ3) is 3.32. The van der Waals surface area contributed by atoms with Gasteiger partial charge in [0.15, 0.2) is 0 Å². The van der Waals surface area contributed by atoms with Gasteiger partial charge in [0, 0.05) is 24.7 Å². The first kappa shape index (κ1) is 11.7. The first-order valence-electron chi connectivity index (χ1n) is 5.55. The number of nitrogens with zero attached hydrogens (tertiary/aromatic N) is 1. The number of pyridine rings is 1. The molecule has 0 amide bonds. The molecule has 1 unspecified atom stereocenters. The molecule has 0 aliphatic heterocycles. The minimum absolute atomic E-state index is 0.0383. The number of nitrogens with two attached hydrogens (primary N) is 1. The fourth-order valence-electron chi connectivity index (χ4n) is 1.71. The Morgan fingerprint density at radius 1 is 1.35 bits per heavy atom. The molecule has 2 aromatic heterocycles. The van der Waals surface area contributed by atoms with Crippen LogP contribution in [-0.2, 0) is 12.8 Å². The van der Waals surface area contributed by atoms with Crippen molar-refractivity contribution >= 4 is 0 Å². The van der Waals surface area contributed by atoms with Gasteiger partial charge in [0.05, 0.1) is 13.4 Å². The lowest BCUT2D eigenvalue weighted by Crippen LogP contribution is -2.25. The van der Waals surface area contributed by atoms with E-state index in [4.69, 9.17) is 14.9 Å². The molecular formula is C13H16N2O2. The summed E-state index contributed by atoms with van der Waals surface area (Å²) in [5.41, 5.74) is 7.15. The molecule has 0 saturated carbocycles. The number of hydrogen-bond acceptors (Lipinski definition) is 4. The second-order valence-electron chi connectivity index (χ2n) is 3.96. The Bertz CT molecular complexity index is 437. The standard InChI is InChI=1S/C13H16N2O2/c1-16-13-5-4-10(9-15-13)7-11(14)8-12-3-2-6-17-12/h2-6,9,11H,7-8,14H2,1H3. The third-order valence-electron chi connectivity index (χ3n) is 2.55. The van der Waals surface area contributed by atoms with Gasteiger partial charge in [-0.2, -0.15) is 0 Å². The summed E-state index contributed by atoms with van der Waals surface area (Å²) < 4.78 is 10.3. The van der Waals surface area contributed by atoms with Crippen molar-refractivity contribution in [3.63, 3.8) is 0 Å². The molecule has 2 N–H and O–H groups in total. The maximum Gasteiger partial charge on any atom is 0.212 e.